The monoisotopic (exact) mass is 412 g/mol. The minimum Gasteiger partial charge on any atom is -0.369 e. The Balaban J connectivity index is 1.98. The molecule has 10 heteroatoms. The predicted molar refractivity (Wildman–Crippen MR) is 102 cm³/mol. The number of hydrogen-bond acceptors (Lipinski definition) is 6. The number of amides is 1. The van der Waals surface area contributed by atoms with Crippen LogP contribution in [-0.2, 0) is 10.3 Å². The van der Waals surface area contributed by atoms with Crippen LogP contribution in [0.3, 0.4) is 0 Å². The number of aliphatic imine (C=N–C) groups is 1. The van der Waals surface area contributed by atoms with Gasteiger partial charge in [-0.15, -0.1) is 0 Å². The molecule has 1 aliphatic rings. The van der Waals surface area contributed by atoms with Gasteiger partial charge in [-0.2, -0.15) is 10.2 Å². The second-order valence-corrected chi connectivity index (χ2v) is 6.64. The van der Waals surface area contributed by atoms with Crippen molar-refractivity contribution in [3.8, 4) is 11.1 Å². The lowest BCUT2D eigenvalue weighted by atomic mass is 9.81. The van der Waals surface area contributed by atoms with Gasteiger partial charge >= 0.3 is 0 Å². The standard InChI is InChI=1S/C20H15F3N6O/c1-29-18(30)20(28-19(29)24,13-5-6-25-16(9-13)17(22)23)12-2-3-15(21)14(8-12)11-4-7-26-27-10-11/h2-10,17H,1H3,(H2,24,28). The molecule has 4 rings (SSSR count). The minimum absolute atomic E-state index is 0.0909. The first-order chi connectivity index (χ1) is 14.3. The highest BCUT2D eigenvalue weighted by atomic mass is 19.3. The maximum atomic E-state index is 14.6. The molecule has 2 N–H and O–H groups in total. The van der Waals surface area contributed by atoms with Gasteiger partial charge < -0.3 is 5.73 Å². The molecule has 0 aliphatic carbocycles. The van der Waals surface area contributed by atoms with E-state index in [0.717, 1.165) is 11.0 Å². The van der Waals surface area contributed by atoms with Crippen LogP contribution in [0, 0.1) is 5.82 Å². The lowest BCUT2D eigenvalue weighted by Gasteiger charge is -2.27. The van der Waals surface area contributed by atoms with Crippen molar-refractivity contribution < 1.29 is 18.0 Å². The number of nitrogens with zero attached hydrogens (tertiary/aromatic N) is 5. The van der Waals surface area contributed by atoms with E-state index in [1.807, 2.05) is 0 Å². The van der Waals surface area contributed by atoms with E-state index in [9.17, 15) is 18.0 Å². The zero-order valence-electron chi connectivity index (χ0n) is 15.6. The van der Waals surface area contributed by atoms with Crippen molar-refractivity contribution in [2.24, 2.45) is 10.7 Å². The number of benzene rings is 1. The zero-order chi connectivity index (χ0) is 21.5. The Kier molecular flexibility index (Phi) is 4.69. The predicted octanol–water partition coefficient (Wildman–Crippen LogP) is 2.65. The number of pyridine rings is 1. The van der Waals surface area contributed by atoms with Crippen molar-refractivity contribution in [1.29, 1.82) is 0 Å². The van der Waals surface area contributed by atoms with Gasteiger partial charge in [0.2, 0.25) is 0 Å². The minimum atomic E-state index is -2.84. The molecule has 1 unspecified atom stereocenters. The lowest BCUT2D eigenvalue weighted by Crippen LogP contribution is -2.41. The first-order valence-corrected chi connectivity index (χ1v) is 8.79. The van der Waals surface area contributed by atoms with E-state index >= 15 is 0 Å². The number of likely N-dealkylation sites (N-methyl/N-ethyl adjacent to an activating group) is 1. The van der Waals surface area contributed by atoms with Gasteiger partial charge in [-0.3, -0.25) is 14.7 Å². The average molecular weight is 412 g/mol. The summed E-state index contributed by atoms with van der Waals surface area (Å²) in [4.78, 5) is 22.4. The molecule has 0 fully saturated rings. The van der Waals surface area contributed by atoms with Gasteiger partial charge in [0.25, 0.3) is 12.3 Å². The van der Waals surface area contributed by atoms with Crippen LogP contribution < -0.4 is 5.73 Å². The Morgan fingerprint density at radius 2 is 1.83 bits per heavy atom. The van der Waals surface area contributed by atoms with Crippen molar-refractivity contribution in [2.75, 3.05) is 7.05 Å². The van der Waals surface area contributed by atoms with Crippen molar-refractivity contribution in [1.82, 2.24) is 20.1 Å². The Morgan fingerprint density at radius 3 is 2.47 bits per heavy atom. The summed E-state index contributed by atoms with van der Waals surface area (Å²) < 4.78 is 41.1. The van der Waals surface area contributed by atoms with Gasteiger partial charge in [0, 0.05) is 24.4 Å². The number of alkyl halides is 2. The fourth-order valence-electron chi connectivity index (χ4n) is 3.40. The van der Waals surface area contributed by atoms with Gasteiger partial charge in [0.1, 0.15) is 11.5 Å². The fourth-order valence-corrected chi connectivity index (χ4v) is 3.40. The number of guanidine groups is 1. The maximum absolute atomic E-state index is 14.6. The van der Waals surface area contributed by atoms with E-state index in [0.29, 0.717) is 5.56 Å². The molecule has 1 amide bonds. The molecule has 2 aromatic heterocycles. The third kappa shape index (κ3) is 2.97. The Hall–Kier alpha value is -3.82. The summed E-state index contributed by atoms with van der Waals surface area (Å²) in [6.07, 6.45) is 1.10. The van der Waals surface area contributed by atoms with E-state index in [4.69, 9.17) is 5.73 Å². The molecule has 7 nitrogen and oxygen atoms in total. The van der Waals surface area contributed by atoms with Crippen LogP contribution in [0.5, 0.6) is 0 Å². The third-order valence-corrected chi connectivity index (χ3v) is 4.94. The molecule has 0 spiro atoms. The first-order valence-electron chi connectivity index (χ1n) is 8.79. The second kappa shape index (κ2) is 7.21. The number of nitrogens with two attached hydrogens (primary N) is 1. The summed E-state index contributed by atoms with van der Waals surface area (Å²) >= 11 is 0. The number of aromatic nitrogens is 3. The van der Waals surface area contributed by atoms with Gasteiger partial charge in [-0.05, 0) is 41.5 Å². The molecule has 1 aliphatic heterocycles. The molecule has 1 atom stereocenters. The summed E-state index contributed by atoms with van der Waals surface area (Å²) in [6.45, 7) is 0. The number of halogens is 3. The molecule has 0 radical (unpaired) electrons. The number of carbonyl (C=O) groups excluding carboxylic acids is 1. The molecule has 3 aromatic rings. The second-order valence-electron chi connectivity index (χ2n) is 6.64. The molecule has 1 aromatic carbocycles. The van der Waals surface area contributed by atoms with E-state index < -0.39 is 29.4 Å². The maximum Gasteiger partial charge on any atom is 0.280 e. The third-order valence-electron chi connectivity index (χ3n) is 4.94. The summed E-state index contributed by atoms with van der Waals surface area (Å²) in [5.41, 5.74) is 4.62. The highest BCUT2D eigenvalue weighted by Gasteiger charge is 2.50. The van der Waals surface area contributed by atoms with Gasteiger partial charge in [-0.25, -0.2) is 18.2 Å². The molecule has 30 heavy (non-hydrogen) atoms. The zero-order valence-corrected chi connectivity index (χ0v) is 15.6. The highest BCUT2D eigenvalue weighted by Crippen LogP contribution is 2.41. The van der Waals surface area contributed by atoms with Crippen LogP contribution in [0.4, 0.5) is 13.2 Å². The molecular formula is C20H15F3N6O. The quantitative estimate of drug-likeness (QED) is 0.711. The largest absolute Gasteiger partial charge is 0.369 e. The van der Waals surface area contributed by atoms with Crippen LogP contribution in [-0.4, -0.2) is 39.0 Å². The summed E-state index contributed by atoms with van der Waals surface area (Å²) in [5, 5.41) is 7.41. The van der Waals surface area contributed by atoms with Gasteiger partial charge in [0.15, 0.2) is 11.5 Å². The van der Waals surface area contributed by atoms with Gasteiger partial charge in [-0.1, -0.05) is 6.07 Å². The number of carbonyl (C=O) groups is 1. The van der Waals surface area contributed by atoms with Crippen LogP contribution in [0.2, 0.25) is 0 Å². The van der Waals surface area contributed by atoms with E-state index in [2.05, 4.69) is 20.2 Å². The van der Waals surface area contributed by atoms with E-state index in [1.165, 1.54) is 49.9 Å². The number of hydrogen-bond donors (Lipinski definition) is 1. The van der Waals surface area contributed by atoms with Crippen LogP contribution in [0.1, 0.15) is 23.2 Å². The van der Waals surface area contributed by atoms with Crippen molar-refractivity contribution in [3.63, 3.8) is 0 Å². The SMILES string of the molecule is CN1C(=O)C(c2ccnc(C(F)F)c2)(c2ccc(F)c(-c3ccnnc3)c2)N=C1N. The van der Waals surface area contributed by atoms with Crippen molar-refractivity contribution in [2.45, 2.75) is 12.0 Å². The summed E-state index contributed by atoms with van der Waals surface area (Å²) in [5.74, 6) is -1.20. The summed E-state index contributed by atoms with van der Waals surface area (Å²) in [6, 6.07) is 8.07. The molecule has 152 valence electrons. The Labute approximate surface area is 169 Å². The molecule has 0 saturated carbocycles. The highest BCUT2D eigenvalue weighted by molar-refractivity contribution is 6.09. The van der Waals surface area contributed by atoms with E-state index in [-0.39, 0.29) is 22.6 Å². The fraction of sp³-hybridized carbons (Fsp3) is 0.150. The topological polar surface area (TPSA) is 97.4 Å². The smallest absolute Gasteiger partial charge is 0.280 e. The van der Waals surface area contributed by atoms with Crippen molar-refractivity contribution in [3.05, 3.63) is 77.6 Å². The van der Waals surface area contributed by atoms with Crippen LogP contribution in [0.25, 0.3) is 11.1 Å². The first kappa shape index (κ1) is 19.5. The Morgan fingerprint density at radius 1 is 1.07 bits per heavy atom. The van der Waals surface area contributed by atoms with Crippen LogP contribution in [0.15, 0.2) is 60.0 Å². The average Bonchev–Trinajstić information content (AvgIpc) is 2.99. The molecule has 0 saturated heterocycles. The molecule has 3 heterocycles. The Bertz CT molecular complexity index is 1150. The van der Waals surface area contributed by atoms with E-state index in [1.54, 1.807) is 6.07 Å². The molecule has 0 bridgehead atoms. The molecular weight excluding hydrogens is 397 g/mol. The summed E-state index contributed by atoms with van der Waals surface area (Å²) in [7, 11) is 1.43. The van der Waals surface area contributed by atoms with Gasteiger partial charge in [0.05, 0.1) is 12.4 Å². The lowest BCUT2D eigenvalue weighted by molar-refractivity contribution is -0.129. The van der Waals surface area contributed by atoms with Crippen LogP contribution >= 0.6 is 0 Å². The normalized spacial score (nSPS) is 18.8. The number of rotatable bonds is 4. The van der Waals surface area contributed by atoms with Crippen molar-refractivity contribution >= 4 is 11.9 Å².